The lowest BCUT2D eigenvalue weighted by Gasteiger charge is -2.10. The van der Waals surface area contributed by atoms with E-state index in [1.807, 2.05) is 44.2 Å². The number of nitrogens with one attached hydrogen (secondary N) is 2. The highest BCUT2D eigenvalue weighted by atomic mass is 35.5. The average Bonchev–Trinajstić information content (AvgIpc) is 2.97. The Balaban J connectivity index is 1.82. The molecule has 1 unspecified atom stereocenters. The van der Waals surface area contributed by atoms with Gasteiger partial charge in [-0.15, -0.1) is 11.6 Å². The minimum atomic E-state index is -0.661. The fourth-order valence-electron chi connectivity index (χ4n) is 2.81. The second-order valence-electron chi connectivity index (χ2n) is 6.43. The number of aryl methyl sites for hydroxylation is 1. The number of rotatable bonds is 5. The first-order valence-corrected chi connectivity index (χ1v) is 9.28. The van der Waals surface area contributed by atoms with Crippen molar-refractivity contribution in [3.8, 4) is 5.69 Å². The van der Waals surface area contributed by atoms with Gasteiger partial charge in [0, 0.05) is 11.3 Å². The standard InChI is InChI=1S/C21H21ClN4O2/c1-13(22)20(27)23-17-9-7-8-16(12-17)21(28)24-19-14(2)25-26(15(19)3)18-10-5-4-6-11-18/h4-13H,1-3H3,(H,23,27)(H,24,28). The summed E-state index contributed by atoms with van der Waals surface area (Å²) in [7, 11) is 0. The molecule has 0 bridgehead atoms. The first-order chi connectivity index (χ1) is 13.4. The van der Waals surface area contributed by atoms with E-state index in [4.69, 9.17) is 11.6 Å². The molecule has 28 heavy (non-hydrogen) atoms. The van der Waals surface area contributed by atoms with Crippen LogP contribution in [0, 0.1) is 13.8 Å². The van der Waals surface area contributed by atoms with Gasteiger partial charge in [-0.1, -0.05) is 24.3 Å². The molecule has 1 aromatic heterocycles. The van der Waals surface area contributed by atoms with Gasteiger partial charge in [0.2, 0.25) is 5.91 Å². The first kappa shape index (κ1) is 19.6. The number of nitrogens with zero attached hydrogens (tertiary/aromatic N) is 2. The van der Waals surface area contributed by atoms with Crippen LogP contribution in [0.1, 0.15) is 28.7 Å². The van der Waals surface area contributed by atoms with E-state index >= 15 is 0 Å². The van der Waals surface area contributed by atoms with E-state index in [9.17, 15) is 9.59 Å². The van der Waals surface area contributed by atoms with Gasteiger partial charge in [0.25, 0.3) is 5.91 Å². The number of anilines is 2. The summed E-state index contributed by atoms with van der Waals surface area (Å²) in [6.07, 6.45) is 0. The minimum absolute atomic E-state index is 0.283. The van der Waals surface area contributed by atoms with Crippen LogP contribution in [0.3, 0.4) is 0 Å². The summed E-state index contributed by atoms with van der Waals surface area (Å²) >= 11 is 5.77. The second kappa shape index (κ2) is 8.27. The summed E-state index contributed by atoms with van der Waals surface area (Å²) in [5.41, 5.74) is 4.07. The predicted octanol–water partition coefficient (Wildman–Crippen LogP) is 4.31. The zero-order valence-electron chi connectivity index (χ0n) is 15.9. The third-order valence-corrected chi connectivity index (χ3v) is 4.48. The van der Waals surface area contributed by atoms with E-state index < -0.39 is 5.38 Å². The molecule has 0 aliphatic rings. The minimum Gasteiger partial charge on any atom is -0.325 e. The van der Waals surface area contributed by atoms with Crippen molar-refractivity contribution >= 4 is 34.8 Å². The maximum absolute atomic E-state index is 12.7. The fourth-order valence-corrected chi connectivity index (χ4v) is 2.86. The largest absolute Gasteiger partial charge is 0.325 e. The Kier molecular flexibility index (Phi) is 5.80. The molecule has 3 rings (SSSR count). The van der Waals surface area contributed by atoms with Gasteiger partial charge in [-0.3, -0.25) is 9.59 Å². The number of amides is 2. The van der Waals surface area contributed by atoms with E-state index in [1.54, 1.807) is 35.9 Å². The molecule has 0 aliphatic carbocycles. The number of benzene rings is 2. The highest BCUT2D eigenvalue weighted by molar-refractivity contribution is 6.32. The van der Waals surface area contributed by atoms with E-state index in [0.29, 0.717) is 16.9 Å². The summed E-state index contributed by atoms with van der Waals surface area (Å²) in [6, 6.07) is 16.4. The van der Waals surface area contributed by atoms with Crippen molar-refractivity contribution < 1.29 is 9.59 Å². The first-order valence-electron chi connectivity index (χ1n) is 8.85. The van der Waals surface area contributed by atoms with Gasteiger partial charge < -0.3 is 10.6 Å². The van der Waals surface area contributed by atoms with Crippen molar-refractivity contribution in [2.75, 3.05) is 10.6 Å². The Morgan fingerprint density at radius 1 is 1.04 bits per heavy atom. The molecule has 6 nitrogen and oxygen atoms in total. The van der Waals surface area contributed by atoms with Gasteiger partial charge in [-0.2, -0.15) is 5.10 Å². The Morgan fingerprint density at radius 3 is 2.43 bits per heavy atom. The normalized spacial score (nSPS) is 11.7. The predicted molar refractivity (Wildman–Crippen MR) is 111 cm³/mol. The van der Waals surface area contributed by atoms with Gasteiger partial charge in [-0.05, 0) is 51.1 Å². The zero-order chi connectivity index (χ0) is 20.3. The molecule has 2 amide bonds. The summed E-state index contributed by atoms with van der Waals surface area (Å²) < 4.78 is 1.80. The Hall–Kier alpha value is -3.12. The van der Waals surface area contributed by atoms with Crippen LogP contribution < -0.4 is 10.6 Å². The third kappa shape index (κ3) is 4.23. The fraction of sp³-hybridized carbons (Fsp3) is 0.190. The van der Waals surface area contributed by atoms with Gasteiger partial charge in [0.05, 0.1) is 22.8 Å². The molecule has 144 valence electrons. The van der Waals surface area contributed by atoms with Crippen LogP contribution in [0.5, 0.6) is 0 Å². The maximum atomic E-state index is 12.7. The highest BCUT2D eigenvalue weighted by Gasteiger charge is 2.17. The number of hydrogen-bond acceptors (Lipinski definition) is 3. The monoisotopic (exact) mass is 396 g/mol. The molecule has 1 heterocycles. The number of alkyl halides is 1. The average molecular weight is 397 g/mol. The summed E-state index contributed by atoms with van der Waals surface area (Å²) in [5, 5.41) is 9.48. The lowest BCUT2D eigenvalue weighted by Crippen LogP contribution is -2.20. The molecule has 7 heteroatoms. The second-order valence-corrected chi connectivity index (χ2v) is 7.09. The molecule has 3 aromatic rings. The van der Waals surface area contributed by atoms with Crippen LogP contribution in [-0.2, 0) is 4.79 Å². The molecule has 0 aliphatic heterocycles. The number of para-hydroxylation sites is 1. The Bertz CT molecular complexity index is 1010. The lowest BCUT2D eigenvalue weighted by atomic mass is 10.1. The summed E-state index contributed by atoms with van der Waals surface area (Å²) in [6.45, 7) is 5.34. The molecule has 2 aromatic carbocycles. The van der Waals surface area contributed by atoms with Crippen molar-refractivity contribution in [2.24, 2.45) is 0 Å². The number of carbonyl (C=O) groups excluding carboxylic acids is 2. The van der Waals surface area contributed by atoms with Crippen LogP contribution in [-0.4, -0.2) is 27.0 Å². The van der Waals surface area contributed by atoms with Gasteiger partial charge in [0.1, 0.15) is 5.38 Å². The van der Waals surface area contributed by atoms with E-state index in [-0.39, 0.29) is 11.8 Å². The highest BCUT2D eigenvalue weighted by Crippen LogP contribution is 2.24. The quantitative estimate of drug-likeness (QED) is 0.631. The number of hydrogen-bond donors (Lipinski definition) is 2. The topological polar surface area (TPSA) is 76.0 Å². The van der Waals surface area contributed by atoms with Gasteiger partial charge >= 0.3 is 0 Å². The van der Waals surface area contributed by atoms with Crippen molar-refractivity contribution in [3.63, 3.8) is 0 Å². The number of carbonyl (C=O) groups is 2. The van der Waals surface area contributed by atoms with E-state index in [0.717, 1.165) is 17.1 Å². The maximum Gasteiger partial charge on any atom is 0.255 e. The van der Waals surface area contributed by atoms with E-state index in [2.05, 4.69) is 15.7 Å². The van der Waals surface area contributed by atoms with Crippen LogP contribution in [0.25, 0.3) is 5.69 Å². The van der Waals surface area contributed by atoms with Crippen molar-refractivity contribution in [1.82, 2.24) is 9.78 Å². The van der Waals surface area contributed by atoms with Crippen LogP contribution in [0.2, 0.25) is 0 Å². The molecule has 1 atom stereocenters. The van der Waals surface area contributed by atoms with Gasteiger partial charge in [-0.25, -0.2) is 4.68 Å². The van der Waals surface area contributed by atoms with Crippen molar-refractivity contribution in [2.45, 2.75) is 26.1 Å². The van der Waals surface area contributed by atoms with Crippen LogP contribution in [0.15, 0.2) is 54.6 Å². The molecule has 2 N–H and O–H groups in total. The molecular formula is C21H21ClN4O2. The van der Waals surface area contributed by atoms with Gasteiger partial charge in [0.15, 0.2) is 0 Å². The summed E-state index contributed by atoms with van der Waals surface area (Å²) in [5.74, 6) is -0.608. The third-order valence-electron chi connectivity index (χ3n) is 4.28. The smallest absolute Gasteiger partial charge is 0.255 e. The van der Waals surface area contributed by atoms with Crippen LogP contribution in [0.4, 0.5) is 11.4 Å². The Labute approximate surface area is 168 Å². The van der Waals surface area contributed by atoms with E-state index in [1.165, 1.54) is 0 Å². The van der Waals surface area contributed by atoms with Crippen molar-refractivity contribution in [1.29, 1.82) is 0 Å². The lowest BCUT2D eigenvalue weighted by molar-refractivity contribution is -0.115. The SMILES string of the molecule is Cc1nn(-c2ccccc2)c(C)c1NC(=O)c1cccc(NC(=O)C(C)Cl)c1. The number of aromatic nitrogens is 2. The zero-order valence-corrected chi connectivity index (χ0v) is 16.6. The Morgan fingerprint density at radius 2 is 1.75 bits per heavy atom. The molecule has 0 radical (unpaired) electrons. The molecule has 0 saturated heterocycles. The molecule has 0 spiro atoms. The molecule has 0 saturated carbocycles. The number of halogens is 1. The van der Waals surface area contributed by atoms with Crippen LogP contribution >= 0.6 is 11.6 Å². The summed E-state index contributed by atoms with van der Waals surface area (Å²) in [4.78, 5) is 24.5. The van der Waals surface area contributed by atoms with Crippen molar-refractivity contribution in [3.05, 3.63) is 71.5 Å². The molecular weight excluding hydrogens is 376 g/mol. The molecule has 0 fully saturated rings.